The molecule has 1 aliphatic rings. The van der Waals surface area contributed by atoms with Crippen LogP contribution in [0.1, 0.15) is 37.9 Å². The number of nitrogens with zero attached hydrogens (tertiary/aromatic N) is 1. The first-order valence-electron chi connectivity index (χ1n) is 10.7. The van der Waals surface area contributed by atoms with Crippen molar-refractivity contribution in [1.82, 2.24) is 10.2 Å². The maximum Gasteiger partial charge on any atom is 0.252 e. The molecule has 3 aromatic carbocycles. The molecule has 1 heterocycles. The summed E-state index contributed by atoms with van der Waals surface area (Å²) in [4.78, 5) is 28.3. The minimum Gasteiger partial charge on any atom is -0.379 e. The Morgan fingerprint density at radius 2 is 1.50 bits per heavy atom. The number of nitrogens with one attached hydrogen (secondary N) is 1. The number of carbonyl (C=O) groups excluding carboxylic acids is 2. The monoisotopic (exact) mass is 432 g/mol. The van der Waals surface area contributed by atoms with E-state index in [-0.39, 0.29) is 23.5 Å². The van der Waals surface area contributed by atoms with Crippen molar-refractivity contribution in [3.63, 3.8) is 0 Å². The fraction of sp³-hybridized carbons (Fsp3) is 0.231. The van der Waals surface area contributed by atoms with Crippen molar-refractivity contribution in [2.45, 2.75) is 6.04 Å². The molecule has 1 saturated heterocycles. The zero-order valence-corrected chi connectivity index (χ0v) is 17.7. The second-order valence-corrected chi connectivity index (χ2v) is 7.67. The van der Waals surface area contributed by atoms with Gasteiger partial charge in [-0.05, 0) is 23.8 Å². The first-order chi connectivity index (χ1) is 15.6. The van der Waals surface area contributed by atoms with Crippen molar-refractivity contribution in [3.05, 3.63) is 107 Å². The average molecular weight is 432 g/mol. The third-order valence-electron chi connectivity index (χ3n) is 5.65. The average Bonchev–Trinajstić information content (AvgIpc) is 2.86. The molecular formula is C26H25FN2O3. The molecule has 164 valence electrons. The Bertz CT molecular complexity index is 1060. The van der Waals surface area contributed by atoms with Gasteiger partial charge in [0.25, 0.3) is 5.91 Å². The lowest BCUT2D eigenvalue weighted by molar-refractivity contribution is 0.0162. The number of amides is 1. The minimum absolute atomic E-state index is 0.125. The second kappa shape index (κ2) is 10.3. The molecular weight excluding hydrogens is 407 g/mol. The predicted molar refractivity (Wildman–Crippen MR) is 120 cm³/mol. The normalized spacial score (nSPS) is 15.2. The van der Waals surface area contributed by atoms with E-state index < -0.39 is 0 Å². The van der Waals surface area contributed by atoms with E-state index in [1.807, 2.05) is 6.07 Å². The van der Waals surface area contributed by atoms with Gasteiger partial charge in [-0.1, -0.05) is 60.7 Å². The van der Waals surface area contributed by atoms with Gasteiger partial charge in [-0.3, -0.25) is 14.5 Å². The molecule has 1 atom stereocenters. The quantitative estimate of drug-likeness (QED) is 0.576. The van der Waals surface area contributed by atoms with E-state index in [4.69, 9.17) is 4.74 Å². The second-order valence-electron chi connectivity index (χ2n) is 7.67. The topological polar surface area (TPSA) is 58.6 Å². The fourth-order valence-electron chi connectivity index (χ4n) is 3.94. The molecule has 0 aliphatic carbocycles. The van der Waals surface area contributed by atoms with Crippen molar-refractivity contribution >= 4 is 11.7 Å². The summed E-state index contributed by atoms with van der Waals surface area (Å²) in [5, 5.41) is 2.99. The maximum absolute atomic E-state index is 13.5. The molecule has 32 heavy (non-hydrogen) atoms. The maximum atomic E-state index is 13.5. The summed E-state index contributed by atoms with van der Waals surface area (Å²) in [6, 6.07) is 22.0. The molecule has 0 bridgehead atoms. The molecule has 1 aliphatic heterocycles. The van der Waals surface area contributed by atoms with E-state index in [0.29, 0.717) is 36.4 Å². The molecule has 0 radical (unpaired) electrons. The Morgan fingerprint density at radius 1 is 0.875 bits per heavy atom. The molecule has 6 heteroatoms. The van der Waals surface area contributed by atoms with E-state index in [2.05, 4.69) is 10.2 Å². The van der Waals surface area contributed by atoms with Crippen LogP contribution in [0.2, 0.25) is 0 Å². The van der Waals surface area contributed by atoms with Crippen molar-refractivity contribution in [1.29, 1.82) is 0 Å². The van der Waals surface area contributed by atoms with Gasteiger partial charge in [0.15, 0.2) is 5.78 Å². The highest BCUT2D eigenvalue weighted by molar-refractivity contribution is 6.15. The Balaban J connectivity index is 1.53. The number of hydrogen-bond acceptors (Lipinski definition) is 4. The van der Waals surface area contributed by atoms with Crippen LogP contribution in [0.15, 0.2) is 78.9 Å². The third-order valence-corrected chi connectivity index (χ3v) is 5.65. The highest BCUT2D eigenvalue weighted by atomic mass is 19.1. The number of hydrogen-bond donors (Lipinski definition) is 1. The highest BCUT2D eigenvalue weighted by Gasteiger charge is 2.24. The van der Waals surface area contributed by atoms with Gasteiger partial charge < -0.3 is 10.1 Å². The van der Waals surface area contributed by atoms with Crippen LogP contribution >= 0.6 is 0 Å². The molecule has 0 aromatic heterocycles. The van der Waals surface area contributed by atoms with E-state index in [1.165, 1.54) is 12.1 Å². The van der Waals surface area contributed by atoms with Crippen LogP contribution in [0.25, 0.3) is 0 Å². The van der Waals surface area contributed by atoms with Crippen LogP contribution in [0, 0.1) is 5.82 Å². The van der Waals surface area contributed by atoms with Crippen LogP contribution in [-0.2, 0) is 4.74 Å². The summed E-state index contributed by atoms with van der Waals surface area (Å²) >= 11 is 0. The third kappa shape index (κ3) is 5.10. The van der Waals surface area contributed by atoms with Crippen molar-refractivity contribution in [2.24, 2.45) is 0 Å². The lowest BCUT2D eigenvalue weighted by atomic mass is 9.97. The summed E-state index contributed by atoms with van der Waals surface area (Å²) in [6.07, 6.45) is 0. The molecule has 1 fully saturated rings. The number of ether oxygens (including phenoxy) is 1. The number of halogens is 1. The predicted octanol–water partition coefficient (Wildman–Crippen LogP) is 3.86. The number of morpholine rings is 1. The van der Waals surface area contributed by atoms with Gasteiger partial charge >= 0.3 is 0 Å². The Kier molecular flexibility index (Phi) is 7.04. The largest absolute Gasteiger partial charge is 0.379 e. The molecule has 1 amide bonds. The number of benzene rings is 3. The standard InChI is InChI=1S/C26H25FN2O3/c27-21-12-10-19(11-13-21)24(29-14-16-32-17-15-29)18-28-26(31)23-9-5-4-8-22(23)25(30)20-6-2-1-3-7-20/h1-13,24H,14-18H2,(H,28,31)/t24-/m1/s1. The summed E-state index contributed by atoms with van der Waals surface area (Å²) < 4.78 is 18.9. The molecule has 5 nitrogen and oxygen atoms in total. The number of rotatable bonds is 7. The Hall–Kier alpha value is -3.35. The first kappa shape index (κ1) is 21.9. The molecule has 3 aromatic rings. The van der Waals surface area contributed by atoms with Gasteiger partial charge in [0.1, 0.15) is 5.82 Å². The van der Waals surface area contributed by atoms with Gasteiger partial charge in [-0.2, -0.15) is 0 Å². The minimum atomic E-state index is -0.315. The zero-order valence-electron chi connectivity index (χ0n) is 17.7. The lowest BCUT2D eigenvalue weighted by Crippen LogP contribution is -2.44. The summed E-state index contributed by atoms with van der Waals surface area (Å²) in [6.45, 7) is 3.00. The summed E-state index contributed by atoms with van der Waals surface area (Å²) in [5.74, 6) is -0.809. The molecule has 0 saturated carbocycles. The van der Waals surface area contributed by atoms with Crippen molar-refractivity contribution < 1.29 is 18.7 Å². The molecule has 4 rings (SSSR count). The van der Waals surface area contributed by atoms with Gasteiger partial charge in [-0.25, -0.2) is 4.39 Å². The van der Waals surface area contributed by atoms with Crippen molar-refractivity contribution in [3.8, 4) is 0 Å². The Morgan fingerprint density at radius 3 is 2.19 bits per heavy atom. The lowest BCUT2D eigenvalue weighted by Gasteiger charge is -2.35. The fourth-order valence-corrected chi connectivity index (χ4v) is 3.94. The summed E-state index contributed by atoms with van der Waals surface area (Å²) in [5.41, 5.74) is 2.15. The van der Waals surface area contributed by atoms with Crippen LogP contribution in [-0.4, -0.2) is 49.4 Å². The van der Waals surface area contributed by atoms with E-state index in [9.17, 15) is 14.0 Å². The van der Waals surface area contributed by atoms with Gasteiger partial charge in [0.2, 0.25) is 0 Å². The molecule has 0 spiro atoms. The van der Waals surface area contributed by atoms with Crippen molar-refractivity contribution in [2.75, 3.05) is 32.8 Å². The van der Waals surface area contributed by atoms with E-state index in [0.717, 1.165) is 18.7 Å². The van der Waals surface area contributed by atoms with E-state index in [1.54, 1.807) is 60.7 Å². The van der Waals surface area contributed by atoms with Crippen LogP contribution in [0.5, 0.6) is 0 Å². The SMILES string of the molecule is O=C(NC[C@H](c1ccc(F)cc1)N1CCOCC1)c1ccccc1C(=O)c1ccccc1. The summed E-state index contributed by atoms with van der Waals surface area (Å²) in [7, 11) is 0. The van der Waals surface area contributed by atoms with Gasteiger partial charge in [0, 0.05) is 30.8 Å². The van der Waals surface area contributed by atoms with Gasteiger partial charge in [0.05, 0.1) is 24.8 Å². The zero-order chi connectivity index (χ0) is 22.3. The Labute approximate surface area is 186 Å². The smallest absolute Gasteiger partial charge is 0.252 e. The molecule has 1 N–H and O–H groups in total. The van der Waals surface area contributed by atoms with Crippen LogP contribution in [0.4, 0.5) is 4.39 Å². The van der Waals surface area contributed by atoms with Crippen LogP contribution < -0.4 is 5.32 Å². The van der Waals surface area contributed by atoms with Crippen LogP contribution in [0.3, 0.4) is 0 Å². The molecule has 0 unspecified atom stereocenters. The number of ketones is 1. The first-order valence-corrected chi connectivity index (χ1v) is 10.7. The highest BCUT2D eigenvalue weighted by Crippen LogP contribution is 2.22. The van der Waals surface area contributed by atoms with Gasteiger partial charge in [-0.15, -0.1) is 0 Å². The number of carbonyl (C=O) groups is 2. The van der Waals surface area contributed by atoms with E-state index >= 15 is 0 Å².